The van der Waals surface area contributed by atoms with Gasteiger partial charge in [0.1, 0.15) is 0 Å². The summed E-state index contributed by atoms with van der Waals surface area (Å²) in [6, 6.07) is 12.9. The summed E-state index contributed by atoms with van der Waals surface area (Å²) in [5.74, 6) is -0.961. The minimum Gasteiger partial charge on any atom is -0.377 e. The van der Waals surface area contributed by atoms with E-state index in [1.54, 1.807) is 30.3 Å². The van der Waals surface area contributed by atoms with Gasteiger partial charge in [0.2, 0.25) is 5.91 Å². The number of carbonyl (C=O) groups is 2. The lowest BCUT2D eigenvalue weighted by molar-refractivity contribution is -0.384. The second-order valence-corrected chi connectivity index (χ2v) is 8.12. The number of rotatable bonds is 2. The van der Waals surface area contributed by atoms with Crippen LogP contribution in [0.25, 0.3) is 0 Å². The number of carbonyl (C=O) groups excluding carboxylic acids is 2. The van der Waals surface area contributed by atoms with Crippen LogP contribution in [0, 0.1) is 15.5 Å². The van der Waals surface area contributed by atoms with Crippen molar-refractivity contribution in [2.75, 3.05) is 29.6 Å². The highest BCUT2D eigenvalue weighted by atomic mass is 32.1. The fourth-order valence-corrected chi connectivity index (χ4v) is 5.02. The number of nitrogens with zero attached hydrogens (tertiary/aromatic N) is 3. The average Bonchev–Trinajstić information content (AvgIpc) is 2.78. The van der Waals surface area contributed by atoms with Crippen molar-refractivity contribution in [3.05, 3.63) is 64.2 Å². The number of ether oxygens (including phenoxy) is 1. The number of nitro benzene ring substituents is 1. The molecule has 0 aliphatic carbocycles. The van der Waals surface area contributed by atoms with Crippen LogP contribution in [0.4, 0.5) is 17.1 Å². The van der Waals surface area contributed by atoms with Crippen LogP contribution in [-0.2, 0) is 20.7 Å². The summed E-state index contributed by atoms with van der Waals surface area (Å²) in [4.78, 5) is 41.5. The third kappa shape index (κ3) is 2.82. The van der Waals surface area contributed by atoms with E-state index in [4.69, 9.17) is 17.0 Å². The molecule has 2 fully saturated rings. The molecule has 158 valence electrons. The Balaban J connectivity index is 1.68. The summed E-state index contributed by atoms with van der Waals surface area (Å²) in [6.45, 7) is 1.08. The van der Waals surface area contributed by atoms with Gasteiger partial charge in [0, 0.05) is 30.8 Å². The Bertz CT molecular complexity index is 1120. The van der Waals surface area contributed by atoms with Gasteiger partial charge in [-0.15, -0.1) is 0 Å². The lowest BCUT2D eigenvalue weighted by Crippen LogP contribution is -2.74. The van der Waals surface area contributed by atoms with Gasteiger partial charge in [0.25, 0.3) is 11.6 Å². The Hall–Kier alpha value is -3.37. The number of nitro groups is 1. The number of non-ortho nitro benzene ring substituents is 1. The van der Waals surface area contributed by atoms with Crippen molar-refractivity contribution in [1.29, 1.82) is 0 Å². The highest BCUT2D eigenvalue weighted by Gasteiger charge is 2.62. The van der Waals surface area contributed by atoms with E-state index in [-0.39, 0.29) is 23.8 Å². The van der Waals surface area contributed by atoms with Gasteiger partial charge in [0.15, 0.2) is 10.5 Å². The molecular weight excluding hydrogens is 420 g/mol. The SMILES string of the molecule is O=C1NC(=S)N(c2ccccc2)C(=O)[C@@]12Cc1cc([N+](=O)[O-])ccc1N1CCOC[C@@H]12. The lowest BCUT2D eigenvalue weighted by atomic mass is 9.68. The van der Waals surface area contributed by atoms with E-state index in [1.807, 2.05) is 11.0 Å². The topological polar surface area (TPSA) is 105 Å². The highest BCUT2D eigenvalue weighted by Crippen LogP contribution is 2.46. The van der Waals surface area contributed by atoms with Crippen LogP contribution in [-0.4, -0.2) is 47.7 Å². The van der Waals surface area contributed by atoms with Gasteiger partial charge in [-0.3, -0.25) is 24.6 Å². The zero-order valence-corrected chi connectivity index (χ0v) is 17.1. The summed E-state index contributed by atoms with van der Waals surface area (Å²) in [7, 11) is 0. The van der Waals surface area contributed by atoms with E-state index in [0.717, 1.165) is 5.69 Å². The van der Waals surface area contributed by atoms with Crippen LogP contribution in [0.15, 0.2) is 48.5 Å². The van der Waals surface area contributed by atoms with Crippen LogP contribution >= 0.6 is 12.2 Å². The number of hydrogen-bond acceptors (Lipinski definition) is 7. The highest BCUT2D eigenvalue weighted by molar-refractivity contribution is 7.80. The normalized spacial score (nSPS) is 25.2. The number of benzene rings is 2. The number of fused-ring (bicyclic) bond motifs is 4. The number of hydrogen-bond donors (Lipinski definition) is 1. The second-order valence-electron chi connectivity index (χ2n) is 7.74. The third-order valence-corrected chi connectivity index (χ3v) is 6.46. The smallest absolute Gasteiger partial charge is 0.269 e. The maximum Gasteiger partial charge on any atom is 0.269 e. The summed E-state index contributed by atoms with van der Waals surface area (Å²) in [6.07, 6.45) is 0.0190. The summed E-state index contributed by atoms with van der Waals surface area (Å²) in [5.41, 5.74) is 0.298. The van der Waals surface area contributed by atoms with Crippen LogP contribution in [0.2, 0.25) is 0 Å². The molecule has 9 nitrogen and oxygen atoms in total. The van der Waals surface area contributed by atoms with E-state index in [2.05, 4.69) is 5.32 Å². The van der Waals surface area contributed by atoms with E-state index >= 15 is 0 Å². The predicted octanol–water partition coefficient (Wildman–Crippen LogP) is 1.79. The van der Waals surface area contributed by atoms with Crippen molar-refractivity contribution in [2.24, 2.45) is 5.41 Å². The molecule has 0 aromatic heterocycles. The van der Waals surface area contributed by atoms with E-state index < -0.39 is 28.2 Å². The van der Waals surface area contributed by atoms with Crippen molar-refractivity contribution in [3.8, 4) is 0 Å². The van der Waals surface area contributed by atoms with Crippen molar-refractivity contribution in [1.82, 2.24) is 5.32 Å². The molecule has 0 saturated carbocycles. The van der Waals surface area contributed by atoms with Gasteiger partial charge in [-0.1, -0.05) is 18.2 Å². The molecule has 1 spiro atoms. The number of nitrogens with one attached hydrogen (secondary N) is 1. The first-order valence-corrected chi connectivity index (χ1v) is 10.2. The second kappa shape index (κ2) is 7.10. The molecule has 0 radical (unpaired) electrons. The minimum atomic E-state index is -1.53. The number of para-hydroxylation sites is 1. The fraction of sp³-hybridized carbons (Fsp3) is 0.286. The van der Waals surface area contributed by atoms with Crippen molar-refractivity contribution < 1.29 is 19.2 Å². The molecule has 0 bridgehead atoms. The largest absolute Gasteiger partial charge is 0.377 e. The molecule has 1 N–H and O–H groups in total. The Morgan fingerprint density at radius 1 is 1.19 bits per heavy atom. The number of thiocarbonyl (C=S) groups is 1. The Kier molecular flexibility index (Phi) is 4.49. The lowest BCUT2D eigenvalue weighted by Gasteiger charge is -2.53. The Morgan fingerprint density at radius 3 is 2.71 bits per heavy atom. The van der Waals surface area contributed by atoms with Crippen LogP contribution in [0.3, 0.4) is 0 Å². The molecule has 2 aromatic carbocycles. The summed E-state index contributed by atoms with van der Waals surface area (Å²) >= 11 is 5.33. The molecule has 3 aliphatic rings. The predicted molar refractivity (Wildman–Crippen MR) is 116 cm³/mol. The van der Waals surface area contributed by atoms with Gasteiger partial charge in [-0.05, 0) is 36.0 Å². The van der Waals surface area contributed by atoms with Crippen LogP contribution in [0.1, 0.15) is 5.56 Å². The zero-order chi connectivity index (χ0) is 21.8. The summed E-state index contributed by atoms with van der Waals surface area (Å²) in [5, 5.41) is 14.1. The molecule has 3 heterocycles. The van der Waals surface area contributed by atoms with E-state index in [9.17, 15) is 19.7 Å². The minimum absolute atomic E-state index is 0.0138. The number of amides is 2. The molecule has 10 heteroatoms. The number of anilines is 2. The van der Waals surface area contributed by atoms with Crippen molar-refractivity contribution in [2.45, 2.75) is 12.5 Å². The maximum atomic E-state index is 14.0. The molecule has 2 saturated heterocycles. The molecule has 2 amide bonds. The van der Waals surface area contributed by atoms with E-state index in [0.29, 0.717) is 24.4 Å². The van der Waals surface area contributed by atoms with Gasteiger partial charge in [0.05, 0.1) is 29.9 Å². The quantitative estimate of drug-likeness (QED) is 0.330. The molecule has 5 rings (SSSR count). The fourth-order valence-electron chi connectivity index (χ4n) is 4.74. The van der Waals surface area contributed by atoms with Gasteiger partial charge in [-0.25, -0.2) is 0 Å². The molecule has 2 aromatic rings. The Morgan fingerprint density at radius 2 is 1.97 bits per heavy atom. The molecule has 31 heavy (non-hydrogen) atoms. The monoisotopic (exact) mass is 438 g/mol. The van der Waals surface area contributed by atoms with Crippen molar-refractivity contribution in [3.63, 3.8) is 0 Å². The first-order valence-electron chi connectivity index (χ1n) is 9.80. The molecular formula is C21H18N4O5S. The Labute approximate surface area is 182 Å². The van der Waals surface area contributed by atoms with Crippen molar-refractivity contribution >= 4 is 46.2 Å². The molecule has 3 aliphatic heterocycles. The summed E-state index contributed by atoms with van der Waals surface area (Å²) < 4.78 is 5.67. The first kappa shape index (κ1) is 19.6. The van der Waals surface area contributed by atoms with E-state index in [1.165, 1.54) is 17.0 Å². The molecule has 2 atom stereocenters. The van der Waals surface area contributed by atoms with Gasteiger partial charge < -0.3 is 15.0 Å². The van der Waals surface area contributed by atoms with Gasteiger partial charge in [-0.2, -0.15) is 0 Å². The standard InChI is InChI=1S/C21H18N4O5S/c26-18-21(19(27)24(20(31)22-18)14-4-2-1-3-5-14)11-13-10-15(25(28)29)6-7-16(13)23-8-9-30-12-17(21)23/h1-7,10,17H,8-9,11-12H2,(H,22,26,31)/t17-,21-/m1/s1. The first-order chi connectivity index (χ1) is 14.9. The van der Waals surface area contributed by atoms with Crippen LogP contribution < -0.4 is 15.1 Å². The van der Waals surface area contributed by atoms with Gasteiger partial charge >= 0.3 is 0 Å². The average molecular weight is 438 g/mol. The maximum absolute atomic E-state index is 14.0. The molecule has 0 unspecified atom stereocenters. The third-order valence-electron chi connectivity index (χ3n) is 6.18. The van der Waals surface area contributed by atoms with Crippen LogP contribution in [0.5, 0.6) is 0 Å². The zero-order valence-electron chi connectivity index (χ0n) is 16.3. The number of morpholine rings is 1.